The minimum Gasteiger partial charge on any atom is -0.475 e. The van der Waals surface area contributed by atoms with Gasteiger partial charge < -0.3 is 9.84 Å². The second-order valence-corrected chi connectivity index (χ2v) is 4.18. The Morgan fingerprint density at radius 1 is 1.44 bits per heavy atom. The lowest BCUT2D eigenvalue weighted by Crippen LogP contribution is -2.19. The Hall–Kier alpha value is -2.02. The van der Waals surface area contributed by atoms with E-state index in [1.807, 2.05) is 0 Å². The minimum absolute atomic E-state index is 0.101. The fourth-order valence-corrected chi connectivity index (χ4v) is 2.09. The molecular formula is C11H12N4O3. The highest BCUT2D eigenvalue weighted by Gasteiger charge is 2.19. The Morgan fingerprint density at radius 3 is 3.06 bits per heavy atom. The lowest BCUT2D eigenvalue weighted by atomic mass is 10.2. The van der Waals surface area contributed by atoms with Crippen molar-refractivity contribution in [1.29, 1.82) is 0 Å². The van der Waals surface area contributed by atoms with Gasteiger partial charge >= 0.3 is 5.97 Å². The highest BCUT2D eigenvalue weighted by atomic mass is 16.5. The summed E-state index contributed by atoms with van der Waals surface area (Å²) in [6, 6.07) is 0. The molecule has 7 heteroatoms. The van der Waals surface area contributed by atoms with Crippen LogP contribution in [0.5, 0.6) is 0 Å². The van der Waals surface area contributed by atoms with E-state index in [9.17, 15) is 4.79 Å². The van der Waals surface area contributed by atoms with E-state index in [-0.39, 0.29) is 12.1 Å². The van der Waals surface area contributed by atoms with Crippen LogP contribution in [0.25, 0.3) is 11.0 Å². The average molecular weight is 248 g/mol. The van der Waals surface area contributed by atoms with Gasteiger partial charge in [0.25, 0.3) is 0 Å². The molecule has 0 aromatic carbocycles. The third-order valence-corrected chi connectivity index (χ3v) is 2.97. The molecule has 18 heavy (non-hydrogen) atoms. The number of aromatic nitrogens is 4. The number of carboxylic acids is 1. The van der Waals surface area contributed by atoms with Crippen LogP contribution in [0.15, 0.2) is 12.4 Å². The molecule has 0 amide bonds. The molecule has 0 spiro atoms. The van der Waals surface area contributed by atoms with Crippen LogP contribution < -0.4 is 0 Å². The monoisotopic (exact) mass is 248 g/mol. The summed E-state index contributed by atoms with van der Waals surface area (Å²) < 4.78 is 7.36. The van der Waals surface area contributed by atoms with Crippen molar-refractivity contribution < 1.29 is 14.6 Å². The van der Waals surface area contributed by atoms with Crippen molar-refractivity contribution in [2.45, 2.75) is 25.5 Å². The number of fused-ring (bicyclic) bond motifs is 1. The van der Waals surface area contributed by atoms with Crippen LogP contribution in [0.2, 0.25) is 0 Å². The van der Waals surface area contributed by atoms with Gasteiger partial charge in [0.1, 0.15) is 11.0 Å². The fourth-order valence-electron chi connectivity index (χ4n) is 2.09. The number of rotatable bonds is 2. The highest BCUT2D eigenvalue weighted by Crippen LogP contribution is 2.25. The largest absolute Gasteiger partial charge is 0.475 e. The number of carbonyl (C=O) groups is 1. The van der Waals surface area contributed by atoms with Crippen molar-refractivity contribution in [2.24, 2.45) is 0 Å². The molecular weight excluding hydrogens is 236 g/mol. The number of ether oxygens (including phenoxy) is 1. The summed E-state index contributed by atoms with van der Waals surface area (Å²) in [7, 11) is 0. The molecule has 3 heterocycles. The van der Waals surface area contributed by atoms with Gasteiger partial charge in [-0.05, 0) is 19.3 Å². The number of hydrogen-bond acceptors (Lipinski definition) is 5. The summed E-state index contributed by atoms with van der Waals surface area (Å²) in [4.78, 5) is 18.5. The first kappa shape index (κ1) is 11.1. The maximum Gasteiger partial charge on any atom is 0.373 e. The van der Waals surface area contributed by atoms with Crippen LogP contribution in [-0.2, 0) is 4.74 Å². The number of carboxylic acid groups (broad SMARTS) is 1. The average Bonchev–Trinajstić information content (AvgIpc) is 2.82. The van der Waals surface area contributed by atoms with Gasteiger partial charge in [0, 0.05) is 6.61 Å². The SMILES string of the molecule is O=C(O)c1ncc2c(cnn2C2CCCCO2)n1. The molecule has 94 valence electrons. The van der Waals surface area contributed by atoms with Crippen molar-refractivity contribution in [1.82, 2.24) is 19.7 Å². The van der Waals surface area contributed by atoms with Gasteiger partial charge in [-0.2, -0.15) is 5.10 Å². The van der Waals surface area contributed by atoms with Gasteiger partial charge in [0.2, 0.25) is 5.82 Å². The Bertz CT molecular complexity index is 589. The quantitative estimate of drug-likeness (QED) is 0.859. The van der Waals surface area contributed by atoms with E-state index in [1.54, 1.807) is 10.9 Å². The van der Waals surface area contributed by atoms with E-state index in [0.29, 0.717) is 11.0 Å². The minimum atomic E-state index is -1.14. The molecule has 1 fully saturated rings. The van der Waals surface area contributed by atoms with E-state index < -0.39 is 5.97 Å². The first-order valence-electron chi connectivity index (χ1n) is 5.81. The van der Waals surface area contributed by atoms with Gasteiger partial charge in [0.15, 0.2) is 6.23 Å². The van der Waals surface area contributed by atoms with Crippen molar-refractivity contribution in [3.05, 3.63) is 18.2 Å². The fraction of sp³-hybridized carbons (Fsp3) is 0.455. The number of nitrogens with zero attached hydrogens (tertiary/aromatic N) is 4. The Labute approximate surface area is 102 Å². The van der Waals surface area contributed by atoms with Crippen LogP contribution in [0, 0.1) is 0 Å². The topological polar surface area (TPSA) is 90.1 Å². The van der Waals surface area contributed by atoms with E-state index >= 15 is 0 Å². The van der Waals surface area contributed by atoms with Gasteiger partial charge in [-0.15, -0.1) is 0 Å². The van der Waals surface area contributed by atoms with Crippen LogP contribution in [0.4, 0.5) is 0 Å². The van der Waals surface area contributed by atoms with Gasteiger partial charge in [-0.3, -0.25) is 0 Å². The van der Waals surface area contributed by atoms with E-state index in [1.165, 1.54) is 6.20 Å². The molecule has 0 saturated carbocycles. The number of aromatic carboxylic acids is 1. The first-order chi connectivity index (χ1) is 8.75. The van der Waals surface area contributed by atoms with Gasteiger partial charge in [-0.25, -0.2) is 19.4 Å². The molecule has 7 nitrogen and oxygen atoms in total. The zero-order valence-corrected chi connectivity index (χ0v) is 9.61. The second-order valence-electron chi connectivity index (χ2n) is 4.18. The molecule has 1 saturated heterocycles. The maximum absolute atomic E-state index is 10.8. The smallest absolute Gasteiger partial charge is 0.373 e. The molecule has 0 bridgehead atoms. The maximum atomic E-state index is 10.8. The van der Waals surface area contributed by atoms with E-state index in [0.717, 1.165) is 25.9 Å². The normalized spacial score (nSPS) is 20.1. The van der Waals surface area contributed by atoms with Crippen molar-refractivity contribution >= 4 is 17.0 Å². The standard InChI is InChI=1S/C11H12N4O3/c16-11(17)10-12-6-8-7(14-10)5-13-15(8)9-3-1-2-4-18-9/h5-6,9H,1-4H2,(H,16,17). The van der Waals surface area contributed by atoms with Crippen LogP contribution in [0.3, 0.4) is 0 Å². The molecule has 1 aliphatic heterocycles. The predicted octanol–water partition coefficient (Wildman–Crippen LogP) is 1.22. The van der Waals surface area contributed by atoms with Gasteiger partial charge in [0.05, 0.1) is 12.4 Å². The van der Waals surface area contributed by atoms with Crippen LogP contribution >= 0.6 is 0 Å². The zero-order valence-electron chi connectivity index (χ0n) is 9.61. The molecule has 2 aromatic heterocycles. The molecule has 0 radical (unpaired) electrons. The van der Waals surface area contributed by atoms with Crippen LogP contribution in [-0.4, -0.2) is 37.4 Å². The van der Waals surface area contributed by atoms with Crippen molar-refractivity contribution in [2.75, 3.05) is 6.61 Å². The summed E-state index contributed by atoms with van der Waals surface area (Å²) in [5, 5.41) is 13.0. The summed E-state index contributed by atoms with van der Waals surface area (Å²) in [5.74, 6) is -1.36. The van der Waals surface area contributed by atoms with Crippen LogP contribution in [0.1, 0.15) is 36.1 Å². The van der Waals surface area contributed by atoms with E-state index in [2.05, 4.69) is 15.1 Å². The highest BCUT2D eigenvalue weighted by molar-refractivity contribution is 5.86. The van der Waals surface area contributed by atoms with Gasteiger partial charge in [-0.1, -0.05) is 0 Å². The molecule has 3 rings (SSSR count). The van der Waals surface area contributed by atoms with Crippen molar-refractivity contribution in [3.63, 3.8) is 0 Å². The number of hydrogen-bond donors (Lipinski definition) is 1. The molecule has 0 aliphatic carbocycles. The second kappa shape index (κ2) is 4.34. The molecule has 2 aromatic rings. The molecule has 1 aliphatic rings. The lowest BCUT2D eigenvalue weighted by Gasteiger charge is -2.23. The molecule has 1 N–H and O–H groups in total. The summed E-state index contributed by atoms with van der Waals surface area (Å²) in [5.41, 5.74) is 1.23. The third kappa shape index (κ3) is 1.82. The summed E-state index contributed by atoms with van der Waals surface area (Å²) >= 11 is 0. The summed E-state index contributed by atoms with van der Waals surface area (Å²) in [6.45, 7) is 0.722. The van der Waals surface area contributed by atoms with Crippen molar-refractivity contribution in [3.8, 4) is 0 Å². The Kier molecular flexibility index (Phi) is 2.67. The Balaban J connectivity index is 2.01. The third-order valence-electron chi connectivity index (χ3n) is 2.97. The molecule has 1 atom stereocenters. The first-order valence-corrected chi connectivity index (χ1v) is 5.81. The lowest BCUT2D eigenvalue weighted by molar-refractivity contribution is -0.0367. The predicted molar refractivity (Wildman–Crippen MR) is 61.1 cm³/mol. The molecule has 1 unspecified atom stereocenters. The summed E-state index contributed by atoms with van der Waals surface area (Å²) in [6.07, 6.45) is 5.99. The zero-order chi connectivity index (χ0) is 12.5. The Morgan fingerprint density at radius 2 is 2.33 bits per heavy atom. The van der Waals surface area contributed by atoms with E-state index in [4.69, 9.17) is 9.84 Å².